The third kappa shape index (κ3) is 0.989. The Kier molecular flexibility index (Phi) is 1.59. The summed E-state index contributed by atoms with van der Waals surface area (Å²) in [6, 6.07) is 6.10. The molecule has 2 unspecified atom stereocenters. The molecule has 3 nitrogen and oxygen atoms in total. The molecule has 2 bridgehead atoms. The van der Waals surface area contributed by atoms with E-state index in [2.05, 4.69) is 18.0 Å². The Morgan fingerprint density at radius 2 is 2.21 bits per heavy atom. The Labute approximate surface area is 83.0 Å². The molecule has 1 aromatic rings. The van der Waals surface area contributed by atoms with Crippen LogP contribution < -0.4 is 5.56 Å². The average Bonchev–Trinajstić information content (AvgIpc) is 2.46. The second kappa shape index (κ2) is 2.70. The van der Waals surface area contributed by atoms with Crippen molar-refractivity contribution in [2.24, 2.45) is 5.92 Å². The van der Waals surface area contributed by atoms with Crippen LogP contribution in [-0.4, -0.2) is 23.1 Å². The summed E-state index contributed by atoms with van der Waals surface area (Å²) in [7, 11) is 2.15. The van der Waals surface area contributed by atoms with Crippen LogP contribution in [-0.2, 0) is 6.54 Å². The first-order valence-electron chi connectivity index (χ1n) is 5.15. The van der Waals surface area contributed by atoms with Gasteiger partial charge in [-0.25, -0.2) is 0 Å². The quantitative estimate of drug-likeness (QED) is 0.606. The molecule has 1 aromatic heterocycles. The predicted octanol–water partition coefficient (Wildman–Crippen LogP) is 0.855. The van der Waals surface area contributed by atoms with E-state index in [4.69, 9.17) is 0 Å². The van der Waals surface area contributed by atoms with Gasteiger partial charge in [0.15, 0.2) is 0 Å². The van der Waals surface area contributed by atoms with Crippen LogP contribution in [0.15, 0.2) is 23.0 Å². The van der Waals surface area contributed by atoms with E-state index in [1.807, 2.05) is 10.6 Å². The van der Waals surface area contributed by atoms with Crippen molar-refractivity contribution >= 4 is 0 Å². The average molecular weight is 190 g/mol. The second-order valence-electron chi connectivity index (χ2n) is 4.46. The molecule has 3 heterocycles. The van der Waals surface area contributed by atoms with Crippen molar-refractivity contribution in [3.63, 3.8) is 0 Å². The lowest BCUT2D eigenvalue weighted by Gasteiger charge is -2.25. The van der Waals surface area contributed by atoms with Gasteiger partial charge in [0.1, 0.15) is 0 Å². The van der Waals surface area contributed by atoms with Crippen molar-refractivity contribution in [2.45, 2.75) is 19.0 Å². The molecule has 0 N–H and O–H groups in total. The number of hydrogen-bond donors (Lipinski definition) is 0. The fraction of sp³-hybridized carbons (Fsp3) is 0.545. The molecule has 2 aliphatic rings. The monoisotopic (exact) mass is 190 g/mol. The van der Waals surface area contributed by atoms with Gasteiger partial charge in [-0.2, -0.15) is 0 Å². The normalized spacial score (nSPS) is 30.4. The van der Waals surface area contributed by atoms with E-state index in [9.17, 15) is 4.79 Å². The summed E-state index contributed by atoms with van der Waals surface area (Å²) in [5.74, 6) is 0.678. The zero-order valence-electron chi connectivity index (χ0n) is 8.31. The number of nitrogens with zero attached hydrogens (tertiary/aromatic N) is 2. The van der Waals surface area contributed by atoms with Crippen LogP contribution in [0.1, 0.15) is 18.2 Å². The maximum Gasteiger partial charge on any atom is 0.250 e. The lowest BCUT2D eigenvalue weighted by atomic mass is 9.98. The number of rotatable bonds is 0. The van der Waals surface area contributed by atoms with E-state index < -0.39 is 0 Å². The molecule has 1 fully saturated rings. The molecule has 3 rings (SSSR count). The van der Waals surface area contributed by atoms with Crippen molar-refractivity contribution in [1.29, 1.82) is 0 Å². The van der Waals surface area contributed by atoms with Crippen LogP contribution in [0.5, 0.6) is 0 Å². The highest BCUT2D eigenvalue weighted by atomic mass is 16.1. The Morgan fingerprint density at radius 3 is 3.07 bits per heavy atom. The highest BCUT2D eigenvalue weighted by Gasteiger charge is 2.36. The third-order valence-corrected chi connectivity index (χ3v) is 3.50. The number of aromatic nitrogens is 1. The zero-order chi connectivity index (χ0) is 9.71. The van der Waals surface area contributed by atoms with Crippen molar-refractivity contribution in [2.75, 3.05) is 13.6 Å². The number of pyridine rings is 1. The van der Waals surface area contributed by atoms with Gasteiger partial charge in [0.25, 0.3) is 5.56 Å². The van der Waals surface area contributed by atoms with Gasteiger partial charge in [-0.1, -0.05) is 6.07 Å². The van der Waals surface area contributed by atoms with Gasteiger partial charge >= 0.3 is 0 Å². The fourth-order valence-electron chi connectivity index (χ4n) is 2.86. The van der Waals surface area contributed by atoms with Gasteiger partial charge in [0, 0.05) is 24.8 Å². The van der Waals surface area contributed by atoms with Crippen molar-refractivity contribution in [3.05, 3.63) is 34.2 Å². The van der Waals surface area contributed by atoms with Crippen LogP contribution in [0.3, 0.4) is 0 Å². The SMILES string of the molecule is CN1CC2CC1c1cccc(=O)n1C2. The Balaban J connectivity index is 2.19. The van der Waals surface area contributed by atoms with Gasteiger partial charge in [0.05, 0.1) is 6.04 Å². The van der Waals surface area contributed by atoms with E-state index in [1.54, 1.807) is 6.07 Å². The van der Waals surface area contributed by atoms with Gasteiger partial charge in [-0.05, 0) is 25.5 Å². The molecule has 2 aliphatic heterocycles. The van der Waals surface area contributed by atoms with E-state index in [0.29, 0.717) is 12.0 Å². The van der Waals surface area contributed by atoms with Crippen LogP contribution >= 0.6 is 0 Å². The Morgan fingerprint density at radius 1 is 1.36 bits per heavy atom. The van der Waals surface area contributed by atoms with Crippen LogP contribution in [0.4, 0.5) is 0 Å². The summed E-state index contributed by atoms with van der Waals surface area (Å²) < 4.78 is 1.95. The summed E-state index contributed by atoms with van der Waals surface area (Å²) in [4.78, 5) is 14.0. The van der Waals surface area contributed by atoms with Gasteiger partial charge < -0.3 is 4.57 Å². The number of fused-ring (bicyclic) bond motifs is 4. The van der Waals surface area contributed by atoms with E-state index in [-0.39, 0.29) is 5.56 Å². The molecule has 2 atom stereocenters. The molecule has 0 amide bonds. The number of likely N-dealkylation sites (tertiary alicyclic amines) is 1. The summed E-state index contributed by atoms with van der Waals surface area (Å²) in [5.41, 5.74) is 1.36. The number of hydrogen-bond acceptors (Lipinski definition) is 2. The Bertz CT molecular complexity index is 424. The second-order valence-corrected chi connectivity index (χ2v) is 4.46. The molecule has 0 aromatic carbocycles. The molecular formula is C11H14N2O. The smallest absolute Gasteiger partial charge is 0.250 e. The standard InChI is InChI=1S/C11H14N2O/c1-12-6-8-5-10(12)9-3-2-4-11(14)13(9)7-8/h2-4,8,10H,5-7H2,1H3. The molecular weight excluding hydrogens is 176 g/mol. The van der Waals surface area contributed by atoms with E-state index >= 15 is 0 Å². The molecule has 14 heavy (non-hydrogen) atoms. The van der Waals surface area contributed by atoms with Crippen molar-refractivity contribution < 1.29 is 0 Å². The maximum atomic E-state index is 11.6. The molecule has 1 saturated heterocycles. The third-order valence-electron chi connectivity index (χ3n) is 3.50. The lowest BCUT2D eigenvalue weighted by molar-refractivity contribution is 0.308. The minimum Gasteiger partial charge on any atom is -0.311 e. The summed E-state index contributed by atoms with van der Waals surface area (Å²) >= 11 is 0. The van der Waals surface area contributed by atoms with Crippen LogP contribution in [0, 0.1) is 5.92 Å². The van der Waals surface area contributed by atoms with Gasteiger partial charge in [0.2, 0.25) is 0 Å². The Hall–Kier alpha value is -1.09. The lowest BCUT2D eigenvalue weighted by Crippen LogP contribution is -2.30. The fourth-order valence-corrected chi connectivity index (χ4v) is 2.86. The highest BCUT2D eigenvalue weighted by Crippen LogP contribution is 2.38. The van der Waals surface area contributed by atoms with Crippen molar-refractivity contribution in [1.82, 2.24) is 9.47 Å². The van der Waals surface area contributed by atoms with Gasteiger partial charge in [-0.15, -0.1) is 0 Å². The van der Waals surface area contributed by atoms with Crippen molar-refractivity contribution in [3.8, 4) is 0 Å². The predicted molar refractivity (Wildman–Crippen MR) is 54.2 cm³/mol. The first-order chi connectivity index (χ1) is 6.75. The molecule has 0 saturated carbocycles. The summed E-state index contributed by atoms with van der Waals surface area (Å²) in [6.07, 6.45) is 1.22. The zero-order valence-corrected chi connectivity index (χ0v) is 8.31. The van der Waals surface area contributed by atoms with E-state index in [0.717, 1.165) is 13.1 Å². The van der Waals surface area contributed by atoms with Gasteiger partial charge in [-0.3, -0.25) is 9.69 Å². The minimum atomic E-state index is 0.160. The first-order valence-corrected chi connectivity index (χ1v) is 5.15. The van der Waals surface area contributed by atoms with Crippen LogP contribution in [0.25, 0.3) is 0 Å². The van der Waals surface area contributed by atoms with Crippen LogP contribution in [0.2, 0.25) is 0 Å². The molecule has 0 radical (unpaired) electrons. The summed E-state index contributed by atoms with van der Waals surface area (Å²) in [6.45, 7) is 2.04. The maximum absolute atomic E-state index is 11.6. The largest absolute Gasteiger partial charge is 0.311 e. The highest BCUT2D eigenvalue weighted by molar-refractivity contribution is 5.16. The molecule has 74 valence electrons. The minimum absolute atomic E-state index is 0.160. The topological polar surface area (TPSA) is 25.2 Å². The summed E-state index contributed by atoms with van der Waals surface area (Å²) in [5, 5.41) is 0. The molecule has 3 heteroatoms. The molecule has 0 aliphatic carbocycles. The molecule has 0 spiro atoms. The first kappa shape index (κ1) is 8.24. The van der Waals surface area contributed by atoms with E-state index in [1.165, 1.54) is 12.1 Å².